The van der Waals surface area contributed by atoms with Crippen LogP contribution in [0.4, 0.5) is 21.9 Å². The van der Waals surface area contributed by atoms with Crippen LogP contribution in [-0.4, -0.2) is 22.8 Å². The summed E-state index contributed by atoms with van der Waals surface area (Å²) in [7, 11) is 0. The first kappa shape index (κ1) is 14.9. The van der Waals surface area contributed by atoms with Gasteiger partial charge in [-0.2, -0.15) is 5.10 Å². The summed E-state index contributed by atoms with van der Waals surface area (Å²) < 4.78 is 0. The van der Waals surface area contributed by atoms with Gasteiger partial charge in [-0.25, -0.2) is 4.79 Å². The Labute approximate surface area is 124 Å². The van der Waals surface area contributed by atoms with Crippen LogP contribution < -0.4 is 16.0 Å². The number of amides is 2. The SMILES string of the molecule is CCCCNc1ccc(NC(=O)Nc2c[nH]nc2C)cc1. The lowest BCUT2D eigenvalue weighted by molar-refractivity contribution is 0.262. The van der Waals surface area contributed by atoms with Gasteiger partial charge in [0.2, 0.25) is 0 Å². The van der Waals surface area contributed by atoms with Gasteiger partial charge in [0.1, 0.15) is 0 Å². The number of aromatic amines is 1. The molecule has 0 aliphatic carbocycles. The van der Waals surface area contributed by atoms with E-state index in [1.54, 1.807) is 6.20 Å². The van der Waals surface area contributed by atoms with E-state index in [4.69, 9.17) is 0 Å². The van der Waals surface area contributed by atoms with Crippen molar-refractivity contribution in [1.29, 1.82) is 0 Å². The van der Waals surface area contributed by atoms with Crippen LogP contribution in [0, 0.1) is 6.92 Å². The van der Waals surface area contributed by atoms with E-state index in [2.05, 4.69) is 33.1 Å². The van der Waals surface area contributed by atoms with E-state index in [0.29, 0.717) is 5.69 Å². The van der Waals surface area contributed by atoms with E-state index >= 15 is 0 Å². The molecule has 0 unspecified atom stereocenters. The zero-order valence-electron chi connectivity index (χ0n) is 12.4. The van der Waals surface area contributed by atoms with Crippen LogP contribution in [0.5, 0.6) is 0 Å². The molecule has 0 saturated heterocycles. The topological polar surface area (TPSA) is 81.8 Å². The first-order chi connectivity index (χ1) is 10.2. The number of anilines is 3. The molecular formula is C15H21N5O. The predicted octanol–water partition coefficient (Wildman–Crippen LogP) is 3.57. The Morgan fingerprint density at radius 3 is 2.52 bits per heavy atom. The fraction of sp³-hybridized carbons (Fsp3) is 0.333. The first-order valence-electron chi connectivity index (χ1n) is 7.11. The zero-order valence-corrected chi connectivity index (χ0v) is 12.4. The highest BCUT2D eigenvalue weighted by Crippen LogP contribution is 2.15. The average Bonchev–Trinajstić information content (AvgIpc) is 2.86. The number of urea groups is 1. The van der Waals surface area contributed by atoms with Crippen molar-refractivity contribution in [2.24, 2.45) is 0 Å². The van der Waals surface area contributed by atoms with Gasteiger partial charge in [-0.05, 0) is 37.6 Å². The van der Waals surface area contributed by atoms with Gasteiger partial charge in [-0.15, -0.1) is 0 Å². The molecule has 0 saturated carbocycles. The minimum atomic E-state index is -0.286. The molecule has 0 fully saturated rings. The van der Waals surface area contributed by atoms with Crippen molar-refractivity contribution >= 4 is 23.1 Å². The Morgan fingerprint density at radius 2 is 1.90 bits per heavy atom. The molecule has 6 heteroatoms. The maximum atomic E-state index is 11.8. The van der Waals surface area contributed by atoms with Crippen LogP contribution in [0.25, 0.3) is 0 Å². The first-order valence-corrected chi connectivity index (χ1v) is 7.11. The Morgan fingerprint density at radius 1 is 1.19 bits per heavy atom. The van der Waals surface area contributed by atoms with Crippen LogP contribution in [-0.2, 0) is 0 Å². The van der Waals surface area contributed by atoms with E-state index in [9.17, 15) is 4.79 Å². The smallest absolute Gasteiger partial charge is 0.323 e. The third-order valence-corrected chi connectivity index (χ3v) is 3.08. The largest absolute Gasteiger partial charge is 0.385 e. The Balaban J connectivity index is 1.85. The Hall–Kier alpha value is -2.50. The fourth-order valence-electron chi connectivity index (χ4n) is 1.85. The van der Waals surface area contributed by atoms with Crippen molar-refractivity contribution in [3.63, 3.8) is 0 Å². The second-order valence-electron chi connectivity index (χ2n) is 4.82. The maximum absolute atomic E-state index is 11.8. The standard InChI is InChI=1S/C15H21N5O/c1-3-4-9-16-12-5-7-13(8-6-12)18-15(21)19-14-10-17-20-11(14)2/h5-8,10,16H,3-4,9H2,1-2H3,(H,17,20)(H2,18,19,21). The summed E-state index contributed by atoms with van der Waals surface area (Å²) in [6.07, 6.45) is 3.96. The molecule has 0 bridgehead atoms. The van der Waals surface area contributed by atoms with Gasteiger partial charge < -0.3 is 16.0 Å². The van der Waals surface area contributed by atoms with Crippen LogP contribution in [0.1, 0.15) is 25.5 Å². The maximum Gasteiger partial charge on any atom is 0.323 e. The van der Waals surface area contributed by atoms with Crippen LogP contribution in [0.3, 0.4) is 0 Å². The molecule has 0 spiro atoms. The van der Waals surface area contributed by atoms with Crippen LogP contribution in [0.2, 0.25) is 0 Å². The number of nitrogens with one attached hydrogen (secondary N) is 4. The number of nitrogens with zero attached hydrogens (tertiary/aromatic N) is 1. The molecule has 2 rings (SSSR count). The lowest BCUT2D eigenvalue weighted by Gasteiger charge is -2.09. The summed E-state index contributed by atoms with van der Waals surface area (Å²) in [5.74, 6) is 0. The minimum Gasteiger partial charge on any atom is -0.385 e. The molecule has 6 nitrogen and oxygen atoms in total. The highest BCUT2D eigenvalue weighted by Gasteiger charge is 2.06. The van der Waals surface area contributed by atoms with Crippen molar-refractivity contribution in [3.05, 3.63) is 36.2 Å². The molecule has 1 aromatic heterocycles. The number of H-pyrrole nitrogens is 1. The highest BCUT2D eigenvalue weighted by atomic mass is 16.2. The number of aromatic nitrogens is 2. The predicted molar refractivity (Wildman–Crippen MR) is 85.8 cm³/mol. The van der Waals surface area contributed by atoms with E-state index in [-0.39, 0.29) is 6.03 Å². The van der Waals surface area contributed by atoms with E-state index < -0.39 is 0 Å². The molecule has 112 valence electrons. The van der Waals surface area contributed by atoms with Crippen molar-refractivity contribution in [3.8, 4) is 0 Å². The van der Waals surface area contributed by atoms with Gasteiger partial charge in [0.05, 0.1) is 11.4 Å². The van der Waals surface area contributed by atoms with Crippen LogP contribution >= 0.6 is 0 Å². The molecule has 0 aliphatic rings. The molecule has 1 aromatic carbocycles. The van der Waals surface area contributed by atoms with Crippen LogP contribution in [0.15, 0.2) is 30.5 Å². The van der Waals surface area contributed by atoms with Crippen molar-refractivity contribution in [2.75, 3.05) is 22.5 Å². The van der Waals surface area contributed by atoms with Gasteiger partial charge in [0.15, 0.2) is 0 Å². The van der Waals surface area contributed by atoms with Crippen molar-refractivity contribution in [1.82, 2.24) is 10.2 Å². The molecule has 1 heterocycles. The number of unbranched alkanes of at least 4 members (excludes halogenated alkanes) is 1. The molecule has 0 atom stereocenters. The van der Waals surface area contributed by atoms with Gasteiger partial charge in [-0.3, -0.25) is 5.10 Å². The Kier molecular flexibility index (Phi) is 5.20. The van der Waals surface area contributed by atoms with Crippen molar-refractivity contribution < 1.29 is 4.79 Å². The fourth-order valence-corrected chi connectivity index (χ4v) is 1.85. The molecule has 2 aromatic rings. The molecule has 21 heavy (non-hydrogen) atoms. The zero-order chi connectivity index (χ0) is 15.1. The molecular weight excluding hydrogens is 266 g/mol. The number of rotatable bonds is 6. The number of aryl methyl sites for hydroxylation is 1. The molecule has 2 amide bonds. The Bertz CT molecular complexity index is 576. The quantitative estimate of drug-likeness (QED) is 0.613. The summed E-state index contributed by atoms with van der Waals surface area (Å²) in [5.41, 5.74) is 3.22. The number of carbonyl (C=O) groups excluding carboxylic acids is 1. The molecule has 4 N–H and O–H groups in total. The van der Waals surface area contributed by atoms with E-state index in [0.717, 1.165) is 30.0 Å². The number of carbonyl (C=O) groups is 1. The van der Waals surface area contributed by atoms with Gasteiger partial charge >= 0.3 is 6.03 Å². The summed E-state index contributed by atoms with van der Waals surface area (Å²) in [5, 5.41) is 15.5. The normalized spacial score (nSPS) is 10.2. The highest BCUT2D eigenvalue weighted by molar-refractivity contribution is 6.00. The second-order valence-corrected chi connectivity index (χ2v) is 4.82. The van der Waals surface area contributed by atoms with Gasteiger partial charge in [0.25, 0.3) is 0 Å². The summed E-state index contributed by atoms with van der Waals surface area (Å²) >= 11 is 0. The van der Waals surface area contributed by atoms with Gasteiger partial charge in [-0.1, -0.05) is 13.3 Å². The van der Waals surface area contributed by atoms with Crippen molar-refractivity contribution in [2.45, 2.75) is 26.7 Å². The van der Waals surface area contributed by atoms with Gasteiger partial charge in [0, 0.05) is 24.1 Å². The lowest BCUT2D eigenvalue weighted by Crippen LogP contribution is -2.19. The second kappa shape index (κ2) is 7.33. The summed E-state index contributed by atoms with van der Waals surface area (Å²) in [6.45, 7) is 4.95. The van der Waals surface area contributed by atoms with E-state index in [1.165, 1.54) is 6.42 Å². The summed E-state index contributed by atoms with van der Waals surface area (Å²) in [4.78, 5) is 11.8. The average molecular weight is 287 g/mol. The molecule has 0 radical (unpaired) electrons. The number of hydrogen-bond acceptors (Lipinski definition) is 3. The third-order valence-electron chi connectivity index (χ3n) is 3.08. The number of benzene rings is 1. The monoisotopic (exact) mass is 287 g/mol. The van der Waals surface area contributed by atoms with E-state index in [1.807, 2.05) is 31.2 Å². The summed E-state index contributed by atoms with van der Waals surface area (Å²) in [6, 6.07) is 7.36. The third kappa shape index (κ3) is 4.52. The number of hydrogen-bond donors (Lipinski definition) is 4. The lowest BCUT2D eigenvalue weighted by atomic mass is 10.2. The minimum absolute atomic E-state index is 0.286. The molecule has 0 aliphatic heterocycles.